The summed E-state index contributed by atoms with van der Waals surface area (Å²) >= 11 is 6.02. The number of nitrogens with zero attached hydrogens (tertiary/aromatic N) is 1. The van der Waals surface area contributed by atoms with Gasteiger partial charge in [0.15, 0.2) is 0 Å². The van der Waals surface area contributed by atoms with E-state index in [-0.39, 0.29) is 18.7 Å². The summed E-state index contributed by atoms with van der Waals surface area (Å²) in [5.74, 6) is -1.30. The Morgan fingerprint density at radius 3 is 2.59 bits per heavy atom. The molecule has 0 unspecified atom stereocenters. The number of benzene rings is 3. The van der Waals surface area contributed by atoms with Crippen LogP contribution in [0.1, 0.15) is 40.7 Å². The molecule has 0 saturated heterocycles. The quantitative estimate of drug-likeness (QED) is 0.371. The first-order valence-corrected chi connectivity index (χ1v) is 12.1. The Labute approximate surface area is 205 Å². The predicted molar refractivity (Wildman–Crippen MR) is 137 cm³/mol. The van der Waals surface area contributed by atoms with Gasteiger partial charge in [-0.15, -0.1) is 0 Å². The van der Waals surface area contributed by atoms with E-state index in [1.54, 1.807) is 6.07 Å². The predicted octanol–water partition coefficient (Wildman–Crippen LogP) is 6.41. The lowest BCUT2D eigenvalue weighted by Crippen LogP contribution is -2.32. The van der Waals surface area contributed by atoms with Gasteiger partial charge in [-0.3, -0.25) is 4.79 Å². The fraction of sp³-hybridized carbons (Fsp3) is 0.321. The maximum atomic E-state index is 14.4. The molecule has 0 amide bonds. The molecule has 4 rings (SSSR count). The minimum absolute atomic E-state index is 0.0769. The number of carbonyl (C=O) groups is 1. The van der Waals surface area contributed by atoms with E-state index in [4.69, 9.17) is 16.7 Å². The molecule has 0 radical (unpaired) electrons. The van der Waals surface area contributed by atoms with Crippen LogP contribution in [-0.2, 0) is 30.6 Å². The molecular formula is C28H30ClFN2O2. The molecule has 1 aliphatic heterocycles. The zero-order valence-corrected chi connectivity index (χ0v) is 20.2. The van der Waals surface area contributed by atoms with Crippen molar-refractivity contribution < 1.29 is 14.3 Å². The van der Waals surface area contributed by atoms with Crippen LogP contribution in [0, 0.1) is 12.7 Å². The molecule has 0 bridgehead atoms. The third kappa shape index (κ3) is 5.89. The van der Waals surface area contributed by atoms with Crippen molar-refractivity contribution in [1.29, 1.82) is 0 Å². The van der Waals surface area contributed by atoms with Gasteiger partial charge in [0, 0.05) is 42.5 Å². The molecule has 0 spiro atoms. The lowest BCUT2D eigenvalue weighted by molar-refractivity contribution is -0.136. The van der Waals surface area contributed by atoms with Crippen LogP contribution in [0.25, 0.3) is 0 Å². The third-order valence-electron chi connectivity index (χ3n) is 6.55. The van der Waals surface area contributed by atoms with Crippen molar-refractivity contribution in [1.82, 2.24) is 0 Å². The van der Waals surface area contributed by atoms with Gasteiger partial charge in [0.2, 0.25) is 0 Å². The Morgan fingerprint density at radius 1 is 1.09 bits per heavy atom. The van der Waals surface area contributed by atoms with Crippen LogP contribution in [0.5, 0.6) is 0 Å². The van der Waals surface area contributed by atoms with Crippen LogP contribution in [0.2, 0.25) is 5.02 Å². The number of fused-ring (bicyclic) bond motifs is 1. The highest BCUT2D eigenvalue weighted by Gasteiger charge is 2.20. The second-order valence-electron chi connectivity index (χ2n) is 8.88. The average Bonchev–Trinajstić information content (AvgIpc) is 2.82. The van der Waals surface area contributed by atoms with Crippen LogP contribution in [0.4, 0.5) is 15.8 Å². The highest BCUT2D eigenvalue weighted by molar-refractivity contribution is 6.30. The van der Waals surface area contributed by atoms with Crippen LogP contribution >= 0.6 is 11.6 Å². The normalized spacial score (nSPS) is 13.0. The first kappa shape index (κ1) is 24.1. The Hall–Kier alpha value is -3.05. The molecule has 2 N–H and O–H groups in total. The van der Waals surface area contributed by atoms with E-state index in [1.807, 2.05) is 18.2 Å². The maximum absolute atomic E-state index is 14.4. The zero-order valence-electron chi connectivity index (χ0n) is 19.4. The summed E-state index contributed by atoms with van der Waals surface area (Å²) in [6.07, 6.45) is 3.32. The van der Waals surface area contributed by atoms with Gasteiger partial charge in [-0.25, -0.2) is 4.39 Å². The monoisotopic (exact) mass is 480 g/mol. The molecule has 0 aromatic heterocycles. The van der Waals surface area contributed by atoms with Gasteiger partial charge >= 0.3 is 5.97 Å². The van der Waals surface area contributed by atoms with E-state index < -0.39 is 5.97 Å². The van der Waals surface area contributed by atoms with E-state index in [0.29, 0.717) is 17.8 Å². The lowest BCUT2D eigenvalue weighted by Gasteiger charge is -2.34. The zero-order chi connectivity index (χ0) is 24.1. The second kappa shape index (κ2) is 10.9. The Bertz CT molecular complexity index is 1160. The number of rotatable bonds is 9. The van der Waals surface area contributed by atoms with Crippen molar-refractivity contribution in [3.63, 3.8) is 0 Å². The molecule has 34 heavy (non-hydrogen) atoms. The van der Waals surface area contributed by atoms with Crippen molar-refractivity contribution in [2.45, 2.75) is 45.6 Å². The van der Waals surface area contributed by atoms with Crippen LogP contribution in [0.3, 0.4) is 0 Å². The topological polar surface area (TPSA) is 52.6 Å². The second-order valence-corrected chi connectivity index (χ2v) is 9.31. The summed E-state index contributed by atoms with van der Waals surface area (Å²) in [6.45, 7) is 4.76. The first-order chi connectivity index (χ1) is 16.4. The molecular weight excluding hydrogens is 451 g/mol. The number of hydrogen-bond acceptors (Lipinski definition) is 3. The summed E-state index contributed by atoms with van der Waals surface area (Å²) in [4.78, 5) is 13.2. The van der Waals surface area contributed by atoms with E-state index >= 15 is 0 Å². The third-order valence-corrected chi connectivity index (χ3v) is 6.80. The molecule has 0 saturated carbocycles. The van der Waals surface area contributed by atoms with Gasteiger partial charge in [0.1, 0.15) is 5.82 Å². The summed E-state index contributed by atoms with van der Waals surface area (Å²) in [7, 11) is 0. The van der Waals surface area contributed by atoms with Crippen LogP contribution in [0.15, 0.2) is 54.6 Å². The van der Waals surface area contributed by atoms with E-state index in [0.717, 1.165) is 37.4 Å². The van der Waals surface area contributed by atoms with E-state index in [1.165, 1.54) is 34.0 Å². The molecule has 3 aromatic rings. The largest absolute Gasteiger partial charge is 0.481 e. The number of aryl methyl sites for hydroxylation is 2. The SMILES string of the molecule is Cc1c(CNc2ccc(CCC(=O)O)c(F)c2)ccc2c1N(CCc1ccc(Cl)cc1)CCC2. The molecule has 1 aliphatic rings. The van der Waals surface area contributed by atoms with Gasteiger partial charge in [-0.2, -0.15) is 0 Å². The number of nitrogens with one attached hydrogen (secondary N) is 1. The fourth-order valence-corrected chi connectivity index (χ4v) is 4.77. The summed E-state index contributed by atoms with van der Waals surface area (Å²) < 4.78 is 14.4. The average molecular weight is 481 g/mol. The smallest absolute Gasteiger partial charge is 0.303 e. The summed E-state index contributed by atoms with van der Waals surface area (Å²) in [6, 6.07) is 17.4. The summed E-state index contributed by atoms with van der Waals surface area (Å²) in [5, 5.41) is 12.9. The highest BCUT2D eigenvalue weighted by atomic mass is 35.5. The Balaban J connectivity index is 1.44. The number of carboxylic acid groups (broad SMARTS) is 1. The minimum atomic E-state index is -0.924. The number of aliphatic carboxylic acids is 1. The molecule has 0 fully saturated rings. The first-order valence-electron chi connectivity index (χ1n) is 11.8. The van der Waals surface area contributed by atoms with Gasteiger partial charge in [-0.1, -0.05) is 41.9 Å². The van der Waals surface area contributed by atoms with Crippen molar-refractivity contribution in [2.75, 3.05) is 23.3 Å². The van der Waals surface area contributed by atoms with Crippen molar-refractivity contribution in [2.24, 2.45) is 0 Å². The van der Waals surface area contributed by atoms with Gasteiger partial charge in [0.25, 0.3) is 0 Å². The standard InChI is InChI=1S/C28H30ClFN2O2/c1-19-23(18-31-25-12-8-21(26(30)17-25)9-13-27(33)34)7-6-22-3-2-15-32(28(19)22)16-14-20-4-10-24(29)11-5-20/h4-8,10-12,17,31H,2-3,9,13-16,18H2,1H3,(H,33,34). The minimum Gasteiger partial charge on any atom is -0.481 e. The molecule has 0 aliphatic carbocycles. The molecule has 4 nitrogen and oxygen atoms in total. The Kier molecular flexibility index (Phi) is 7.73. The van der Waals surface area contributed by atoms with Gasteiger partial charge in [-0.05, 0) is 84.7 Å². The number of hydrogen-bond donors (Lipinski definition) is 2. The molecule has 1 heterocycles. The van der Waals surface area contributed by atoms with Crippen molar-refractivity contribution in [3.05, 3.63) is 93.3 Å². The highest BCUT2D eigenvalue weighted by Crippen LogP contribution is 2.33. The molecule has 0 atom stereocenters. The van der Waals surface area contributed by atoms with Crippen molar-refractivity contribution >= 4 is 28.9 Å². The summed E-state index contributed by atoms with van der Waals surface area (Å²) in [5.41, 5.74) is 7.56. The van der Waals surface area contributed by atoms with E-state index in [2.05, 4.69) is 41.4 Å². The molecule has 6 heteroatoms. The van der Waals surface area contributed by atoms with Crippen molar-refractivity contribution in [3.8, 4) is 0 Å². The number of carboxylic acids is 1. The van der Waals surface area contributed by atoms with Gasteiger partial charge < -0.3 is 15.3 Å². The fourth-order valence-electron chi connectivity index (χ4n) is 4.64. The molecule has 3 aromatic carbocycles. The van der Waals surface area contributed by atoms with E-state index in [9.17, 15) is 9.18 Å². The Morgan fingerprint density at radius 2 is 1.85 bits per heavy atom. The van der Waals surface area contributed by atoms with Crippen LogP contribution in [-0.4, -0.2) is 24.2 Å². The number of anilines is 2. The lowest BCUT2D eigenvalue weighted by atomic mass is 9.94. The molecule has 178 valence electrons. The van der Waals surface area contributed by atoms with Crippen LogP contribution < -0.4 is 10.2 Å². The maximum Gasteiger partial charge on any atom is 0.303 e. The van der Waals surface area contributed by atoms with Gasteiger partial charge in [0.05, 0.1) is 0 Å². The number of halogens is 2.